The number of thiazole rings is 1. The van der Waals surface area contributed by atoms with Crippen molar-refractivity contribution in [3.05, 3.63) is 33.4 Å². The van der Waals surface area contributed by atoms with Crippen LogP contribution in [0, 0.1) is 6.92 Å². The zero-order valence-corrected chi connectivity index (χ0v) is 13.1. The van der Waals surface area contributed by atoms with Crippen LogP contribution < -0.4 is 0 Å². The first kappa shape index (κ1) is 14.3. The number of aliphatic carboxylic acids is 1. The van der Waals surface area contributed by atoms with E-state index < -0.39 is 5.97 Å². The van der Waals surface area contributed by atoms with Gasteiger partial charge in [0.1, 0.15) is 6.54 Å². The lowest BCUT2D eigenvalue weighted by Crippen LogP contribution is -2.10. The Bertz CT molecular complexity index is 857. The van der Waals surface area contributed by atoms with Crippen molar-refractivity contribution in [2.24, 2.45) is 0 Å². The van der Waals surface area contributed by atoms with Crippen LogP contribution >= 0.6 is 34.5 Å². The van der Waals surface area contributed by atoms with Crippen molar-refractivity contribution >= 4 is 51.5 Å². The number of aryl methyl sites for hydroxylation is 1. The third-order valence-corrected chi connectivity index (χ3v) is 4.68. The Morgan fingerprint density at radius 3 is 2.71 bits per heavy atom. The number of rotatable bonds is 3. The molecule has 0 spiro atoms. The maximum atomic E-state index is 11.1. The Kier molecular flexibility index (Phi) is 3.61. The Morgan fingerprint density at radius 2 is 2.10 bits per heavy atom. The van der Waals surface area contributed by atoms with Crippen LogP contribution in [0.25, 0.3) is 21.7 Å². The minimum absolute atomic E-state index is 0.207. The fourth-order valence-electron chi connectivity index (χ4n) is 2.11. The van der Waals surface area contributed by atoms with E-state index in [9.17, 15) is 4.79 Å². The molecule has 0 aliphatic heterocycles. The molecule has 0 bridgehead atoms. The van der Waals surface area contributed by atoms with Crippen LogP contribution in [-0.4, -0.2) is 25.6 Å². The molecule has 3 rings (SSSR count). The van der Waals surface area contributed by atoms with Crippen LogP contribution in [0.5, 0.6) is 0 Å². The van der Waals surface area contributed by atoms with Crippen molar-refractivity contribution in [2.45, 2.75) is 13.5 Å². The first-order valence-corrected chi connectivity index (χ1v) is 7.58. The van der Waals surface area contributed by atoms with Crippen molar-refractivity contribution in [3.8, 4) is 10.7 Å². The van der Waals surface area contributed by atoms with E-state index in [1.807, 2.05) is 6.92 Å². The van der Waals surface area contributed by atoms with Gasteiger partial charge in [-0.3, -0.25) is 4.79 Å². The largest absolute Gasteiger partial charge is 0.480 e. The van der Waals surface area contributed by atoms with Gasteiger partial charge in [0.15, 0.2) is 5.82 Å². The number of benzene rings is 1. The SMILES string of the molecule is Cc1ncsc1-c1nc2cc(Cl)c(Cl)cc2n1CC(=O)O. The van der Waals surface area contributed by atoms with Gasteiger partial charge in [-0.25, -0.2) is 9.97 Å². The van der Waals surface area contributed by atoms with Crippen molar-refractivity contribution < 1.29 is 9.90 Å². The highest BCUT2D eigenvalue weighted by atomic mass is 35.5. The van der Waals surface area contributed by atoms with Crippen molar-refractivity contribution in [1.29, 1.82) is 0 Å². The van der Waals surface area contributed by atoms with Gasteiger partial charge in [-0.05, 0) is 19.1 Å². The molecule has 1 N–H and O–H groups in total. The normalized spacial score (nSPS) is 11.2. The zero-order valence-electron chi connectivity index (χ0n) is 10.8. The summed E-state index contributed by atoms with van der Waals surface area (Å²) < 4.78 is 1.61. The van der Waals surface area contributed by atoms with Crippen LogP contribution in [0.1, 0.15) is 5.69 Å². The zero-order chi connectivity index (χ0) is 15.1. The maximum Gasteiger partial charge on any atom is 0.323 e. The second kappa shape index (κ2) is 5.29. The third-order valence-electron chi connectivity index (χ3n) is 3.03. The van der Waals surface area contributed by atoms with Crippen LogP contribution in [0.4, 0.5) is 0 Å². The molecule has 1 aromatic carbocycles. The lowest BCUT2D eigenvalue weighted by molar-refractivity contribution is -0.137. The molecule has 5 nitrogen and oxygen atoms in total. The minimum atomic E-state index is -0.955. The van der Waals surface area contributed by atoms with E-state index in [4.69, 9.17) is 28.3 Å². The predicted molar refractivity (Wildman–Crippen MR) is 83.2 cm³/mol. The molecule has 0 atom stereocenters. The van der Waals surface area contributed by atoms with E-state index in [0.717, 1.165) is 10.6 Å². The summed E-state index contributed by atoms with van der Waals surface area (Å²) in [5.41, 5.74) is 3.75. The molecule has 108 valence electrons. The average Bonchev–Trinajstić information content (AvgIpc) is 2.95. The van der Waals surface area contributed by atoms with Gasteiger partial charge in [-0.2, -0.15) is 0 Å². The summed E-state index contributed by atoms with van der Waals surface area (Å²) in [4.78, 5) is 20.7. The van der Waals surface area contributed by atoms with Crippen LogP contribution in [0.15, 0.2) is 17.6 Å². The lowest BCUT2D eigenvalue weighted by Gasteiger charge is -2.05. The highest BCUT2D eigenvalue weighted by Gasteiger charge is 2.19. The third kappa shape index (κ3) is 2.50. The minimum Gasteiger partial charge on any atom is -0.480 e. The molecule has 0 unspecified atom stereocenters. The van der Waals surface area contributed by atoms with Gasteiger partial charge in [-0.1, -0.05) is 23.2 Å². The molecule has 2 heterocycles. The smallest absolute Gasteiger partial charge is 0.323 e. The summed E-state index contributed by atoms with van der Waals surface area (Å²) in [6.07, 6.45) is 0. The van der Waals surface area contributed by atoms with E-state index in [1.165, 1.54) is 11.3 Å². The van der Waals surface area contributed by atoms with E-state index >= 15 is 0 Å². The molecule has 0 aliphatic rings. The Morgan fingerprint density at radius 1 is 1.38 bits per heavy atom. The summed E-state index contributed by atoms with van der Waals surface area (Å²) in [7, 11) is 0. The van der Waals surface area contributed by atoms with Gasteiger partial charge >= 0.3 is 5.97 Å². The first-order valence-electron chi connectivity index (χ1n) is 5.95. The summed E-state index contributed by atoms with van der Waals surface area (Å²) >= 11 is 13.4. The fraction of sp³-hybridized carbons (Fsp3) is 0.154. The number of hydrogen-bond acceptors (Lipinski definition) is 4. The number of carboxylic acid groups (broad SMARTS) is 1. The van der Waals surface area contributed by atoms with Gasteiger partial charge < -0.3 is 9.67 Å². The molecular formula is C13H9Cl2N3O2S. The number of hydrogen-bond donors (Lipinski definition) is 1. The predicted octanol–water partition coefficient (Wildman–Crippen LogP) is 3.86. The van der Waals surface area contributed by atoms with Crippen LogP contribution in [0.2, 0.25) is 10.0 Å². The number of nitrogens with zero attached hydrogens (tertiary/aromatic N) is 3. The second-order valence-electron chi connectivity index (χ2n) is 4.44. The summed E-state index contributed by atoms with van der Waals surface area (Å²) in [6, 6.07) is 3.27. The highest BCUT2D eigenvalue weighted by Crippen LogP contribution is 2.33. The lowest BCUT2D eigenvalue weighted by atomic mass is 10.3. The summed E-state index contributed by atoms with van der Waals surface area (Å²) in [6.45, 7) is 1.65. The second-order valence-corrected chi connectivity index (χ2v) is 6.11. The average molecular weight is 342 g/mol. The van der Waals surface area contributed by atoms with Crippen LogP contribution in [-0.2, 0) is 11.3 Å². The van der Waals surface area contributed by atoms with E-state index in [-0.39, 0.29) is 6.54 Å². The molecule has 0 fully saturated rings. The molecule has 0 aliphatic carbocycles. The Hall–Kier alpha value is -1.63. The van der Waals surface area contributed by atoms with Gasteiger partial charge in [0.25, 0.3) is 0 Å². The summed E-state index contributed by atoms with van der Waals surface area (Å²) in [5, 5.41) is 9.89. The van der Waals surface area contributed by atoms with Gasteiger partial charge in [0.2, 0.25) is 0 Å². The molecule has 0 saturated heterocycles. The molecule has 0 saturated carbocycles. The number of imidazole rings is 1. The Labute approximate surface area is 133 Å². The van der Waals surface area contributed by atoms with Crippen LogP contribution in [0.3, 0.4) is 0 Å². The maximum absolute atomic E-state index is 11.1. The van der Waals surface area contributed by atoms with Gasteiger partial charge in [0.05, 0.1) is 37.2 Å². The first-order chi connectivity index (χ1) is 9.97. The number of fused-ring (bicyclic) bond motifs is 1. The van der Waals surface area contributed by atoms with Gasteiger partial charge in [0, 0.05) is 0 Å². The number of aromatic nitrogens is 3. The topological polar surface area (TPSA) is 68.0 Å². The Balaban J connectivity index is 2.33. The molecule has 8 heteroatoms. The number of carbonyl (C=O) groups is 1. The quantitative estimate of drug-likeness (QED) is 0.785. The van der Waals surface area contributed by atoms with E-state index in [2.05, 4.69) is 9.97 Å². The fourth-order valence-corrected chi connectivity index (χ4v) is 3.22. The number of carboxylic acids is 1. The van der Waals surface area contributed by atoms with Gasteiger partial charge in [-0.15, -0.1) is 11.3 Å². The number of halogens is 2. The summed E-state index contributed by atoms with van der Waals surface area (Å²) in [5.74, 6) is -0.394. The van der Waals surface area contributed by atoms with E-state index in [0.29, 0.717) is 26.9 Å². The molecular weight excluding hydrogens is 333 g/mol. The molecule has 0 amide bonds. The van der Waals surface area contributed by atoms with Crippen molar-refractivity contribution in [3.63, 3.8) is 0 Å². The van der Waals surface area contributed by atoms with Crippen molar-refractivity contribution in [1.82, 2.24) is 14.5 Å². The van der Waals surface area contributed by atoms with Crippen molar-refractivity contribution in [2.75, 3.05) is 0 Å². The molecule has 21 heavy (non-hydrogen) atoms. The molecule has 2 aromatic heterocycles. The monoisotopic (exact) mass is 341 g/mol. The molecule has 0 radical (unpaired) electrons. The molecule has 3 aromatic rings. The highest BCUT2D eigenvalue weighted by molar-refractivity contribution is 7.13. The van der Waals surface area contributed by atoms with E-state index in [1.54, 1.807) is 22.2 Å². The standard InChI is InChI=1S/C13H9Cl2N3O2S/c1-6-12(21-5-16-6)13-17-9-2-7(14)8(15)3-10(9)18(13)4-11(19)20/h2-3,5H,4H2,1H3,(H,19,20).